The molecule has 3 rings (SSSR count). The fraction of sp³-hybridized carbons (Fsp3) is 0.200. The van der Waals surface area contributed by atoms with Crippen molar-refractivity contribution in [3.8, 4) is 0 Å². The molecule has 3 aromatic rings. The van der Waals surface area contributed by atoms with Crippen LogP contribution in [0.25, 0.3) is 10.8 Å². The number of nitrogens with two attached hydrogens (primary N) is 2. The van der Waals surface area contributed by atoms with Crippen molar-refractivity contribution >= 4 is 33.5 Å². The van der Waals surface area contributed by atoms with Gasteiger partial charge in [0.1, 0.15) is 0 Å². The van der Waals surface area contributed by atoms with Gasteiger partial charge in [-0.2, -0.15) is 0 Å². The first-order chi connectivity index (χ1) is 13.0. The summed E-state index contributed by atoms with van der Waals surface area (Å²) in [5.74, 6) is 0. The molecular formula is C20H24N4O3. The quantitative estimate of drug-likeness (QED) is 0.361. The number of aliphatic hydroxyl groups excluding tert-OH is 1. The van der Waals surface area contributed by atoms with E-state index < -0.39 is 4.92 Å². The van der Waals surface area contributed by atoms with Gasteiger partial charge in [0, 0.05) is 41.6 Å². The van der Waals surface area contributed by atoms with Crippen LogP contribution in [0, 0.1) is 10.1 Å². The van der Waals surface area contributed by atoms with E-state index in [0.717, 1.165) is 23.3 Å². The molecule has 0 unspecified atom stereocenters. The number of nitrogen functional groups attached to an aromatic ring is 2. The Hall–Kier alpha value is -3.32. The molecule has 0 saturated heterocycles. The molecule has 0 bridgehead atoms. The third-order valence-corrected chi connectivity index (χ3v) is 4.14. The van der Waals surface area contributed by atoms with Crippen LogP contribution >= 0.6 is 0 Å². The number of fused-ring (bicyclic) bond motifs is 1. The Kier molecular flexibility index (Phi) is 6.96. The van der Waals surface area contributed by atoms with Crippen LogP contribution in [0.5, 0.6) is 0 Å². The van der Waals surface area contributed by atoms with Crippen LogP contribution in [0.15, 0.2) is 60.7 Å². The first kappa shape index (κ1) is 20.0. The maximum Gasteiger partial charge on any atom is 0.277 e. The SMILES string of the molecule is CCN(CCO)c1ccc(N)cc1.Nc1ccc([N+](=O)[O-])c2ccccc12. The van der Waals surface area contributed by atoms with Gasteiger partial charge in [0.2, 0.25) is 0 Å². The summed E-state index contributed by atoms with van der Waals surface area (Å²) in [6.07, 6.45) is 0. The van der Waals surface area contributed by atoms with E-state index in [4.69, 9.17) is 16.6 Å². The third kappa shape index (κ3) is 5.08. The number of aliphatic hydroxyl groups is 1. The van der Waals surface area contributed by atoms with E-state index in [1.807, 2.05) is 30.3 Å². The normalized spacial score (nSPS) is 10.1. The molecule has 0 aromatic heterocycles. The highest BCUT2D eigenvalue weighted by atomic mass is 16.6. The fourth-order valence-corrected chi connectivity index (χ4v) is 2.74. The summed E-state index contributed by atoms with van der Waals surface area (Å²) in [5.41, 5.74) is 13.8. The maximum absolute atomic E-state index is 10.7. The monoisotopic (exact) mass is 368 g/mol. The van der Waals surface area contributed by atoms with Gasteiger partial charge < -0.3 is 21.5 Å². The van der Waals surface area contributed by atoms with Gasteiger partial charge >= 0.3 is 0 Å². The van der Waals surface area contributed by atoms with Gasteiger partial charge in [-0.3, -0.25) is 10.1 Å². The number of nitro benzene ring substituents is 1. The Morgan fingerprint density at radius 1 is 1.00 bits per heavy atom. The highest BCUT2D eigenvalue weighted by molar-refractivity contribution is 5.98. The number of rotatable bonds is 5. The summed E-state index contributed by atoms with van der Waals surface area (Å²) in [6, 6.07) is 17.7. The van der Waals surface area contributed by atoms with Crippen LogP contribution in [-0.2, 0) is 0 Å². The number of nitrogens with zero attached hydrogens (tertiary/aromatic N) is 2. The van der Waals surface area contributed by atoms with Crippen LogP contribution in [0.4, 0.5) is 22.7 Å². The smallest absolute Gasteiger partial charge is 0.277 e. The van der Waals surface area contributed by atoms with Crippen molar-refractivity contribution in [2.45, 2.75) is 6.92 Å². The molecule has 0 saturated carbocycles. The summed E-state index contributed by atoms with van der Waals surface area (Å²) in [6.45, 7) is 3.80. The minimum atomic E-state index is -0.401. The Labute approximate surface area is 158 Å². The largest absolute Gasteiger partial charge is 0.399 e. The standard InChI is InChI=1S/C10H8N2O2.C10H16N2O/c11-9-5-6-10(12(13)14)8-4-2-1-3-7(8)9;1-2-12(7-8-13)10-5-3-9(11)4-6-10/h1-6H,11H2;3-6,13H,2,7-8,11H2,1H3. The molecule has 0 amide bonds. The molecule has 0 heterocycles. The third-order valence-electron chi connectivity index (χ3n) is 4.14. The lowest BCUT2D eigenvalue weighted by Crippen LogP contribution is -2.25. The number of hydrogen-bond acceptors (Lipinski definition) is 6. The second-order valence-corrected chi connectivity index (χ2v) is 5.87. The van der Waals surface area contributed by atoms with Gasteiger partial charge in [-0.15, -0.1) is 0 Å². The van der Waals surface area contributed by atoms with E-state index in [9.17, 15) is 10.1 Å². The lowest BCUT2D eigenvalue weighted by molar-refractivity contribution is -0.383. The second kappa shape index (κ2) is 9.40. The van der Waals surface area contributed by atoms with E-state index in [1.165, 1.54) is 6.07 Å². The predicted molar refractivity (Wildman–Crippen MR) is 111 cm³/mol. The van der Waals surface area contributed by atoms with Crippen molar-refractivity contribution in [1.29, 1.82) is 0 Å². The average Bonchev–Trinajstić information content (AvgIpc) is 2.68. The zero-order chi connectivity index (χ0) is 19.8. The maximum atomic E-state index is 10.7. The van der Waals surface area contributed by atoms with Crippen LogP contribution in [0.2, 0.25) is 0 Å². The van der Waals surface area contributed by atoms with Gasteiger partial charge in [-0.05, 0) is 43.3 Å². The molecule has 5 N–H and O–H groups in total. The number of anilines is 3. The predicted octanol–water partition coefficient (Wildman–Crippen LogP) is 3.42. The molecule has 7 heteroatoms. The lowest BCUT2D eigenvalue weighted by Gasteiger charge is -2.21. The Bertz CT molecular complexity index is 897. The van der Waals surface area contributed by atoms with Gasteiger partial charge in [0.15, 0.2) is 0 Å². The van der Waals surface area contributed by atoms with Crippen molar-refractivity contribution < 1.29 is 10.0 Å². The Morgan fingerprint density at radius 3 is 2.19 bits per heavy atom. The summed E-state index contributed by atoms with van der Waals surface area (Å²) in [4.78, 5) is 12.4. The minimum absolute atomic E-state index is 0.0924. The van der Waals surface area contributed by atoms with Crippen LogP contribution in [0.3, 0.4) is 0 Å². The topological polar surface area (TPSA) is 119 Å². The highest BCUT2D eigenvalue weighted by Crippen LogP contribution is 2.29. The van der Waals surface area contributed by atoms with E-state index in [0.29, 0.717) is 17.6 Å². The van der Waals surface area contributed by atoms with Gasteiger partial charge in [0.05, 0.1) is 16.9 Å². The number of likely N-dealkylation sites (N-methyl/N-ethyl adjacent to an activating group) is 1. The lowest BCUT2D eigenvalue weighted by atomic mass is 10.1. The second-order valence-electron chi connectivity index (χ2n) is 5.87. The van der Waals surface area contributed by atoms with Crippen molar-refractivity contribution in [2.75, 3.05) is 36.1 Å². The molecule has 3 aromatic carbocycles. The number of hydrogen-bond donors (Lipinski definition) is 3. The first-order valence-corrected chi connectivity index (χ1v) is 8.60. The number of non-ortho nitro benzene ring substituents is 1. The first-order valence-electron chi connectivity index (χ1n) is 8.60. The molecular weight excluding hydrogens is 344 g/mol. The van der Waals surface area contributed by atoms with E-state index in [2.05, 4.69) is 11.8 Å². The molecule has 27 heavy (non-hydrogen) atoms. The molecule has 0 aliphatic rings. The highest BCUT2D eigenvalue weighted by Gasteiger charge is 2.11. The van der Waals surface area contributed by atoms with Crippen molar-refractivity contribution in [3.63, 3.8) is 0 Å². The Morgan fingerprint density at radius 2 is 1.63 bits per heavy atom. The van der Waals surface area contributed by atoms with Crippen LogP contribution in [-0.4, -0.2) is 29.7 Å². The average molecular weight is 368 g/mol. The molecule has 0 aliphatic heterocycles. The summed E-state index contributed by atoms with van der Waals surface area (Å²) in [7, 11) is 0. The minimum Gasteiger partial charge on any atom is -0.399 e. The fourth-order valence-electron chi connectivity index (χ4n) is 2.74. The van der Waals surface area contributed by atoms with Crippen LogP contribution in [0.1, 0.15) is 6.92 Å². The molecule has 0 fully saturated rings. The molecule has 0 atom stereocenters. The van der Waals surface area contributed by atoms with Crippen LogP contribution < -0.4 is 16.4 Å². The van der Waals surface area contributed by atoms with E-state index in [-0.39, 0.29) is 12.3 Å². The number of benzene rings is 3. The molecule has 0 radical (unpaired) electrons. The zero-order valence-electron chi connectivity index (χ0n) is 15.2. The van der Waals surface area contributed by atoms with E-state index >= 15 is 0 Å². The van der Waals surface area contributed by atoms with E-state index in [1.54, 1.807) is 24.3 Å². The summed E-state index contributed by atoms with van der Waals surface area (Å²) in [5, 5.41) is 20.8. The molecule has 0 aliphatic carbocycles. The summed E-state index contributed by atoms with van der Waals surface area (Å²) >= 11 is 0. The summed E-state index contributed by atoms with van der Waals surface area (Å²) < 4.78 is 0. The molecule has 7 nitrogen and oxygen atoms in total. The van der Waals surface area contributed by atoms with Crippen molar-refractivity contribution in [1.82, 2.24) is 0 Å². The van der Waals surface area contributed by atoms with Gasteiger partial charge in [-0.25, -0.2) is 0 Å². The van der Waals surface area contributed by atoms with Gasteiger partial charge in [0.25, 0.3) is 5.69 Å². The molecule has 142 valence electrons. The zero-order valence-corrected chi connectivity index (χ0v) is 15.2. The van der Waals surface area contributed by atoms with Crippen molar-refractivity contribution in [2.24, 2.45) is 0 Å². The number of nitro groups is 1. The molecule has 0 spiro atoms. The van der Waals surface area contributed by atoms with Crippen molar-refractivity contribution in [3.05, 3.63) is 70.8 Å². The van der Waals surface area contributed by atoms with Gasteiger partial charge in [-0.1, -0.05) is 18.2 Å². The Balaban J connectivity index is 0.000000194.